The second-order valence-electron chi connectivity index (χ2n) is 8.44. The molecule has 3 heterocycles. The average molecular weight is 512 g/mol. The highest BCUT2D eigenvalue weighted by molar-refractivity contribution is 5.95. The van der Waals surface area contributed by atoms with Crippen molar-refractivity contribution in [3.63, 3.8) is 0 Å². The molecule has 38 heavy (non-hydrogen) atoms. The molecule has 2 aromatic carbocycles. The number of hydrogen-bond acceptors (Lipinski definition) is 9. The highest BCUT2D eigenvalue weighted by Gasteiger charge is 2.18. The lowest BCUT2D eigenvalue weighted by molar-refractivity contribution is -0.114. The molecule has 0 aliphatic rings. The Hall–Kier alpha value is -5.19. The van der Waals surface area contributed by atoms with Crippen molar-refractivity contribution in [2.75, 3.05) is 31.0 Å². The molecule has 3 aromatic heterocycles. The monoisotopic (exact) mass is 511 g/mol. The van der Waals surface area contributed by atoms with Crippen molar-refractivity contribution in [1.29, 1.82) is 0 Å². The van der Waals surface area contributed by atoms with Gasteiger partial charge in [0.05, 0.1) is 43.3 Å². The van der Waals surface area contributed by atoms with Gasteiger partial charge in [0.1, 0.15) is 29.6 Å². The van der Waals surface area contributed by atoms with Crippen LogP contribution in [0.1, 0.15) is 0 Å². The van der Waals surface area contributed by atoms with Gasteiger partial charge in [0, 0.05) is 60.6 Å². The second-order valence-corrected chi connectivity index (χ2v) is 8.44. The number of aromatic nitrogens is 5. The minimum atomic E-state index is -0.347. The van der Waals surface area contributed by atoms with Crippen LogP contribution in [0.15, 0.2) is 73.3 Å². The van der Waals surface area contributed by atoms with Gasteiger partial charge in [0.15, 0.2) is 0 Å². The van der Waals surface area contributed by atoms with Crippen LogP contribution in [0.2, 0.25) is 0 Å². The molecule has 0 saturated carbocycles. The van der Waals surface area contributed by atoms with E-state index >= 15 is 0 Å². The number of nitrogens with one attached hydrogen (secondary N) is 1. The molecule has 0 saturated heterocycles. The van der Waals surface area contributed by atoms with Crippen molar-refractivity contribution in [2.24, 2.45) is 7.05 Å². The van der Waals surface area contributed by atoms with Gasteiger partial charge in [-0.3, -0.25) is 14.5 Å². The molecule has 192 valence electrons. The van der Waals surface area contributed by atoms with Crippen LogP contribution in [-0.2, 0) is 11.8 Å². The maximum absolute atomic E-state index is 13.1. The summed E-state index contributed by atoms with van der Waals surface area (Å²) < 4.78 is 12.6. The van der Waals surface area contributed by atoms with Crippen molar-refractivity contribution in [3.8, 4) is 28.5 Å². The molecule has 2 N–H and O–H groups in total. The molecule has 11 nitrogen and oxygen atoms in total. The van der Waals surface area contributed by atoms with E-state index in [9.17, 15) is 9.90 Å². The molecule has 0 spiro atoms. The molecule has 0 atom stereocenters. The van der Waals surface area contributed by atoms with E-state index in [-0.39, 0.29) is 24.0 Å². The van der Waals surface area contributed by atoms with Crippen LogP contribution in [0.3, 0.4) is 0 Å². The SMILES string of the molecule is COc1cc(OC)cc(N(CC(=O)Nc2cc(O)ccn2)c2ccc3ncc(-c4cnn(C)c4)nc3c2)c1. The molecule has 0 aliphatic heterocycles. The van der Waals surface area contributed by atoms with Crippen molar-refractivity contribution in [1.82, 2.24) is 24.7 Å². The number of anilines is 3. The number of carbonyl (C=O) groups is 1. The Labute approximate surface area is 218 Å². The number of pyridine rings is 1. The summed E-state index contributed by atoms with van der Waals surface area (Å²) in [5.41, 5.74) is 4.25. The smallest absolute Gasteiger partial charge is 0.245 e. The van der Waals surface area contributed by atoms with Gasteiger partial charge in [-0.25, -0.2) is 9.97 Å². The number of fused-ring (bicyclic) bond motifs is 1. The fourth-order valence-corrected chi connectivity index (χ4v) is 3.95. The Morgan fingerprint density at radius 3 is 2.45 bits per heavy atom. The Bertz CT molecular complexity index is 1600. The average Bonchev–Trinajstić information content (AvgIpc) is 3.37. The zero-order valence-corrected chi connectivity index (χ0v) is 21.0. The van der Waals surface area contributed by atoms with Gasteiger partial charge in [0.25, 0.3) is 0 Å². The van der Waals surface area contributed by atoms with Gasteiger partial charge in [-0.15, -0.1) is 0 Å². The number of aryl methyl sites for hydroxylation is 1. The summed E-state index contributed by atoms with van der Waals surface area (Å²) in [7, 11) is 4.97. The van der Waals surface area contributed by atoms with Crippen LogP contribution >= 0.6 is 0 Å². The third-order valence-electron chi connectivity index (χ3n) is 5.80. The molecule has 11 heteroatoms. The lowest BCUT2D eigenvalue weighted by atomic mass is 10.2. The molecular weight excluding hydrogens is 486 g/mol. The van der Waals surface area contributed by atoms with E-state index in [1.165, 1.54) is 18.3 Å². The molecule has 0 radical (unpaired) electrons. The topological polar surface area (TPSA) is 128 Å². The highest BCUT2D eigenvalue weighted by atomic mass is 16.5. The summed E-state index contributed by atoms with van der Waals surface area (Å²) in [6, 6.07) is 13.8. The number of rotatable bonds is 8. The van der Waals surface area contributed by atoms with Crippen molar-refractivity contribution in [2.45, 2.75) is 0 Å². The standard InChI is InChI=1S/C27H25N7O4/c1-33-15-17(13-30-33)25-14-29-23-5-4-18(10-24(23)31-25)34(19-8-21(37-2)12-22(9-19)38-3)16-27(36)32-26-11-20(35)6-7-28-26/h4-15H,16H2,1-3H3,(H2,28,32,35,36). The molecule has 5 rings (SSSR count). The number of benzene rings is 2. The molecular formula is C27H25N7O4. The van der Waals surface area contributed by atoms with Gasteiger partial charge < -0.3 is 24.8 Å². The minimum absolute atomic E-state index is 0.00205. The Kier molecular flexibility index (Phi) is 6.72. The Balaban J connectivity index is 1.55. The van der Waals surface area contributed by atoms with Gasteiger partial charge >= 0.3 is 0 Å². The molecule has 0 unspecified atom stereocenters. The normalized spacial score (nSPS) is 10.8. The zero-order valence-electron chi connectivity index (χ0n) is 21.0. The molecule has 5 aromatic rings. The number of methoxy groups -OCH3 is 2. The van der Waals surface area contributed by atoms with E-state index < -0.39 is 0 Å². The van der Waals surface area contributed by atoms with E-state index in [0.717, 1.165) is 5.56 Å². The number of ether oxygens (including phenoxy) is 2. The third-order valence-corrected chi connectivity index (χ3v) is 5.80. The molecule has 0 bridgehead atoms. The maximum atomic E-state index is 13.1. The summed E-state index contributed by atoms with van der Waals surface area (Å²) >= 11 is 0. The van der Waals surface area contributed by atoms with Crippen LogP contribution in [-0.4, -0.2) is 56.5 Å². The van der Waals surface area contributed by atoms with Crippen LogP contribution in [0, 0.1) is 0 Å². The van der Waals surface area contributed by atoms with E-state index in [2.05, 4.69) is 20.4 Å². The van der Waals surface area contributed by atoms with Crippen molar-refractivity contribution >= 4 is 34.1 Å². The summed E-state index contributed by atoms with van der Waals surface area (Å²) in [4.78, 5) is 28.4. The quantitative estimate of drug-likeness (QED) is 0.318. The minimum Gasteiger partial charge on any atom is -0.508 e. The van der Waals surface area contributed by atoms with E-state index in [1.807, 2.05) is 43.6 Å². The third kappa shape index (κ3) is 5.31. The van der Waals surface area contributed by atoms with Crippen molar-refractivity contribution < 1.29 is 19.4 Å². The summed E-state index contributed by atoms with van der Waals surface area (Å²) in [5, 5.41) is 16.7. The molecule has 1 amide bonds. The van der Waals surface area contributed by atoms with E-state index in [1.54, 1.807) is 42.3 Å². The van der Waals surface area contributed by atoms with Gasteiger partial charge in [0.2, 0.25) is 5.91 Å². The molecule has 0 aliphatic carbocycles. The molecule has 0 fully saturated rings. The van der Waals surface area contributed by atoms with Crippen molar-refractivity contribution in [3.05, 3.63) is 73.3 Å². The summed E-state index contributed by atoms with van der Waals surface area (Å²) in [6.45, 7) is -0.0745. The van der Waals surface area contributed by atoms with Gasteiger partial charge in [-0.1, -0.05) is 0 Å². The number of hydrogen-bond donors (Lipinski definition) is 2. The largest absolute Gasteiger partial charge is 0.508 e. The van der Waals surface area contributed by atoms with Crippen LogP contribution in [0.4, 0.5) is 17.2 Å². The fourth-order valence-electron chi connectivity index (χ4n) is 3.95. The fraction of sp³-hybridized carbons (Fsp3) is 0.148. The van der Waals surface area contributed by atoms with Crippen LogP contribution in [0.5, 0.6) is 17.2 Å². The van der Waals surface area contributed by atoms with Crippen LogP contribution in [0.25, 0.3) is 22.3 Å². The maximum Gasteiger partial charge on any atom is 0.245 e. The van der Waals surface area contributed by atoms with Gasteiger partial charge in [-0.05, 0) is 24.3 Å². The lowest BCUT2D eigenvalue weighted by Gasteiger charge is -2.25. The predicted octanol–water partition coefficient (Wildman–Crippen LogP) is 3.92. The Morgan fingerprint density at radius 2 is 1.76 bits per heavy atom. The summed E-state index contributed by atoms with van der Waals surface area (Å²) in [6.07, 6.45) is 6.72. The first-order valence-electron chi connectivity index (χ1n) is 11.6. The number of aromatic hydroxyl groups is 1. The number of nitrogens with zero attached hydrogens (tertiary/aromatic N) is 6. The predicted molar refractivity (Wildman–Crippen MR) is 143 cm³/mol. The Morgan fingerprint density at radius 1 is 0.974 bits per heavy atom. The zero-order chi connectivity index (χ0) is 26.6. The lowest BCUT2D eigenvalue weighted by Crippen LogP contribution is -2.30. The number of carbonyl (C=O) groups excluding carboxylic acids is 1. The highest BCUT2D eigenvalue weighted by Crippen LogP contribution is 2.34. The number of amides is 1. The first-order valence-corrected chi connectivity index (χ1v) is 11.6. The van der Waals surface area contributed by atoms with Gasteiger partial charge in [-0.2, -0.15) is 5.10 Å². The van der Waals surface area contributed by atoms with Crippen LogP contribution < -0.4 is 19.7 Å². The van der Waals surface area contributed by atoms with E-state index in [4.69, 9.17) is 14.5 Å². The summed E-state index contributed by atoms with van der Waals surface area (Å²) in [5.74, 6) is 1.03. The van der Waals surface area contributed by atoms with E-state index in [0.29, 0.717) is 39.6 Å². The first kappa shape index (κ1) is 24.5. The second kappa shape index (κ2) is 10.4. The first-order chi connectivity index (χ1) is 18.4.